The topological polar surface area (TPSA) is 75.0 Å². The average Bonchev–Trinajstić information content (AvgIpc) is 3.08. The molecular weight excluding hydrogens is 252 g/mol. The van der Waals surface area contributed by atoms with E-state index in [-0.39, 0.29) is 5.54 Å². The molecule has 104 valence electrons. The van der Waals surface area contributed by atoms with Crippen LogP contribution < -0.4 is 5.73 Å². The highest BCUT2D eigenvalue weighted by Gasteiger charge is 2.51. The standard InChI is InChI=1S/C15H18N4O/c1-19-8-9-5-6-15(19,7-9)14-17-11-4-2-3-10(13(16)20)12(11)18-14/h2-4,9H,5-8H2,1H3,(H2,16,20)(H,17,18)/t9-,15-/m0/s1. The monoisotopic (exact) mass is 270 g/mol. The Bertz CT molecular complexity index is 707. The SMILES string of the molecule is CN1C[C@H]2CC[C@@]1(c1nc3c(C(N)=O)cccc3[nH]1)C2. The number of fused-ring (bicyclic) bond motifs is 3. The van der Waals surface area contributed by atoms with E-state index in [4.69, 9.17) is 10.7 Å². The molecule has 0 radical (unpaired) electrons. The lowest BCUT2D eigenvalue weighted by atomic mass is 9.96. The van der Waals surface area contributed by atoms with E-state index in [0.717, 1.165) is 36.6 Å². The molecule has 5 nitrogen and oxygen atoms in total. The number of aromatic amines is 1. The van der Waals surface area contributed by atoms with E-state index in [0.29, 0.717) is 11.1 Å². The number of nitrogens with two attached hydrogens (primary N) is 1. The number of hydrogen-bond acceptors (Lipinski definition) is 3. The zero-order valence-electron chi connectivity index (χ0n) is 11.5. The normalized spacial score (nSPS) is 29.4. The number of nitrogens with zero attached hydrogens (tertiary/aromatic N) is 2. The number of carbonyl (C=O) groups excluding carboxylic acids is 1. The first-order valence-corrected chi connectivity index (χ1v) is 7.10. The fourth-order valence-corrected chi connectivity index (χ4v) is 4.04. The van der Waals surface area contributed by atoms with Crippen LogP contribution in [0.15, 0.2) is 18.2 Å². The van der Waals surface area contributed by atoms with Crippen LogP contribution >= 0.6 is 0 Å². The molecule has 0 unspecified atom stereocenters. The molecule has 2 aromatic rings. The average molecular weight is 270 g/mol. The minimum Gasteiger partial charge on any atom is -0.366 e. The van der Waals surface area contributed by atoms with Gasteiger partial charge < -0.3 is 10.7 Å². The Morgan fingerprint density at radius 2 is 2.40 bits per heavy atom. The van der Waals surface area contributed by atoms with Crippen LogP contribution in [0.4, 0.5) is 0 Å². The van der Waals surface area contributed by atoms with Gasteiger partial charge in [0.15, 0.2) is 0 Å². The number of nitrogens with one attached hydrogen (secondary N) is 1. The van der Waals surface area contributed by atoms with Crippen molar-refractivity contribution in [2.75, 3.05) is 13.6 Å². The summed E-state index contributed by atoms with van der Waals surface area (Å²) < 4.78 is 0. The Balaban J connectivity index is 1.90. The maximum absolute atomic E-state index is 11.5. The number of hydrogen-bond donors (Lipinski definition) is 2. The molecule has 1 saturated carbocycles. The van der Waals surface area contributed by atoms with Crippen molar-refractivity contribution in [3.8, 4) is 0 Å². The number of likely N-dealkylation sites (tertiary alicyclic amines) is 1. The van der Waals surface area contributed by atoms with Crippen molar-refractivity contribution < 1.29 is 4.79 Å². The second-order valence-corrected chi connectivity index (χ2v) is 6.17. The van der Waals surface area contributed by atoms with Gasteiger partial charge >= 0.3 is 0 Å². The number of primary amides is 1. The van der Waals surface area contributed by atoms with Gasteiger partial charge in [0.2, 0.25) is 0 Å². The molecule has 5 heteroatoms. The lowest BCUT2D eigenvalue weighted by Gasteiger charge is -2.34. The third kappa shape index (κ3) is 1.41. The van der Waals surface area contributed by atoms with Crippen molar-refractivity contribution in [1.29, 1.82) is 0 Å². The van der Waals surface area contributed by atoms with Crippen molar-refractivity contribution >= 4 is 16.9 Å². The predicted molar refractivity (Wildman–Crippen MR) is 76.3 cm³/mol. The molecular formula is C15H18N4O. The van der Waals surface area contributed by atoms with Gasteiger partial charge in [0.05, 0.1) is 16.6 Å². The minimum absolute atomic E-state index is 0.0264. The van der Waals surface area contributed by atoms with Crippen LogP contribution in [0.25, 0.3) is 11.0 Å². The van der Waals surface area contributed by atoms with Gasteiger partial charge in [0.1, 0.15) is 11.3 Å². The smallest absolute Gasteiger partial charge is 0.250 e. The van der Waals surface area contributed by atoms with E-state index in [1.807, 2.05) is 12.1 Å². The molecule has 2 atom stereocenters. The molecule has 1 aromatic heterocycles. The number of aromatic nitrogens is 2. The van der Waals surface area contributed by atoms with Gasteiger partial charge in [-0.15, -0.1) is 0 Å². The number of amides is 1. The Hall–Kier alpha value is -1.88. The second kappa shape index (κ2) is 3.82. The first kappa shape index (κ1) is 11.9. The first-order valence-electron chi connectivity index (χ1n) is 7.10. The number of H-pyrrole nitrogens is 1. The molecule has 2 bridgehead atoms. The maximum Gasteiger partial charge on any atom is 0.250 e. The van der Waals surface area contributed by atoms with E-state index in [9.17, 15) is 4.79 Å². The number of rotatable bonds is 2. The Morgan fingerprint density at radius 3 is 3.05 bits per heavy atom. The zero-order valence-corrected chi connectivity index (χ0v) is 11.5. The lowest BCUT2D eigenvalue weighted by Crippen LogP contribution is -2.40. The summed E-state index contributed by atoms with van der Waals surface area (Å²) in [6, 6.07) is 5.54. The molecule has 4 rings (SSSR count). The van der Waals surface area contributed by atoms with E-state index in [1.165, 1.54) is 6.42 Å². The highest BCUT2D eigenvalue weighted by Crippen LogP contribution is 2.51. The van der Waals surface area contributed by atoms with E-state index in [1.54, 1.807) is 6.07 Å². The van der Waals surface area contributed by atoms with Crippen molar-refractivity contribution in [1.82, 2.24) is 14.9 Å². The van der Waals surface area contributed by atoms with Gasteiger partial charge in [-0.05, 0) is 44.4 Å². The highest BCUT2D eigenvalue weighted by molar-refractivity contribution is 6.04. The number of carbonyl (C=O) groups is 1. The van der Waals surface area contributed by atoms with E-state index in [2.05, 4.69) is 16.9 Å². The zero-order chi connectivity index (χ0) is 13.9. The van der Waals surface area contributed by atoms with E-state index < -0.39 is 5.91 Å². The molecule has 1 saturated heterocycles. The summed E-state index contributed by atoms with van der Waals surface area (Å²) in [6.45, 7) is 1.14. The largest absolute Gasteiger partial charge is 0.366 e. The Kier molecular flexibility index (Phi) is 2.27. The summed E-state index contributed by atoms with van der Waals surface area (Å²) in [4.78, 5) is 22.1. The van der Waals surface area contributed by atoms with Crippen molar-refractivity contribution in [2.24, 2.45) is 11.7 Å². The molecule has 1 aliphatic carbocycles. The third-order valence-electron chi connectivity index (χ3n) is 5.07. The molecule has 1 aliphatic heterocycles. The fraction of sp³-hybridized carbons (Fsp3) is 0.467. The predicted octanol–water partition coefficient (Wildman–Crippen LogP) is 1.60. The lowest BCUT2D eigenvalue weighted by molar-refractivity contribution is 0.100. The van der Waals surface area contributed by atoms with Crippen molar-refractivity contribution in [3.63, 3.8) is 0 Å². The van der Waals surface area contributed by atoms with E-state index >= 15 is 0 Å². The summed E-state index contributed by atoms with van der Waals surface area (Å²) in [5.74, 6) is 1.35. The molecule has 2 aliphatic rings. The summed E-state index contributed by atoms with van der Waals surface area (Å²) in [6.07, 6.45) is 3.57. The number of piperidine rings is 1. The maximum atomic E-state index is 11.5. The van der Waals surface area contributed by atoms with Crippen LogP contribution in [-0.4, -0.2) is 34.4 Å². The van der Waals surface area contributed by atoms with Crippen LogP contribution in [0, 0.1) is 5.92 Å². The van der Waals surface area contributed by atoms with Crippen molar-refractivity contribution in [3.05, 3.63) is 29.6 Å². The van der Waals surface area contributed by atoms with Crippen LogP contribution in [0.3, 0.4) is 0 Å². The molecule has 1 amide bonds. The fourth-order valence-electron chi connectivity index (χ4n) is 4.04. The molecule has 3 N–H and O–H groups in total. The summed E-state index contributed by atoms with van der Waals surface area (Å²) >= 11 is 0. The summed E-state index contributed by atoms with van der Waals surface area (Å²) in [5, 5.41) is 0. The van der Waals surface area contributed by atoms with Gasteiger partial charge in [-0.1, -0.05) is 6.07 Å². The van der Waals surface area contributed by atoms with Crippen molar-refractivity contribution in [2.45, 2.75) is 24.8 Å². The summed E-state index contributed by atoms with van der Waals surface area (Å²) in [7, 11) is 2.17. The van der Waals surface area contributed by atoms with Gasteiger partial charge in [0, 0.05) is 6.54 Å². The Labute approximate surface area is 117 Å². The quantitative estimate of drug-likeness (QED) is 0.870. The second-order valence-electron chi connectivity index (χ2n) is 6.17. The van der Waals surface area contributed by atoms with Gasteiger partial charge in [-0.25, -0.2) is 4.98 Å². The molecule has 2 fully saturated rings. The number of benzene rings is 1. The van der Waals surface area contributed by atoms with Crippen LogP contribution in [0.2, 0.25) is 0 Å². The minimum atomic E-state index is -0.421. The van der Waals surface area contributed by atoms with Gasteiger partial charge in [-0.2, -0.15) is 0 Å². The third-order valence-corrected chi connectivity index (χ3v) is 5.07. The first-order chi connectivity index (χ1) is 9.60. The van der Waals surface area contributed by atoms with Crippen LogP contribution in [-0.2, 0) is 5.54 Å². The van der Waals surface area contributed by atoms with Crippen LogP contribution in [0.5, 0.6) is 0 Å². The van der Waals surface area contributed by atoms with Gasteiger partial charge in [0.25, 0.3) is 5.91 Å². The van der Waals surface area contributed by atoms with Gasteiger partial charge in [-0.3, -0.25) is 9.69 Å². The molecule has 0 spiro atoms. The molecule has 2 heterocycles. The molecule has 20 heavy (non-hydrogen) atoms. The Morgan fingerprint density at radius 1 is 1.55 bits per heavy atom. The highest BCUT2D eigenvalue weighted by atomic mass is 16.1. The number of para-hydroxylation sites is 1. The molecule has 1 aromatic carbocycles. The van der Waals surface area contributed by atoms with Crippen LogP contribution in [0.1, 0.15) is 35.4 Å². The number of imidazole rings is 1. The summed E-state index contributed by atoms with van der Waals surface area (Å²) in [5.41, 5.74) is 7.56.